The summed E-state index contributed by atoms with van der Waals surface area (Å²) in [5.74, 6) is 0.222. The number of hydrogen-bond donors (Lipinski definition) is 2. The van der Waals surface area contributed by atoms with Crippen LogP contribution in [0.5, 0.6) is 0 Å². The molecule has 0 amide bonds. The van der Waals surface area contributed by atoms with Crippen LogP contribution in [0.3, 0.4) is 0 Å². The first-order chi connectivity index (χ1) is 10.7. The molecule has 1 atom stereocenters. The molecule has 0 saturated heterocycles. The van der Waals surface area contributed by atoms with Gasteiger partial charge < -0.3 is 5.73 Å². The molecule has 1 aliphatic rings. The molecule has 3 N–H and O–H groups in total. The van der Waals surface area contributed by atoms with Gasteiger partial charge in [0.1, 0.15) is 0 Å². The second-order valence-electron chi connectivity index (χ2n) is 5.94. The molecule has 1 saturated carbocycles. The average molecular weight is 387 g/mol. The molecule has 24 heavy (non-hydrogen) atoms. The van der Waals surface area contributed by atoms with Crippen LogP contribution >= 0.6 is 12.4 Å². The van der Waals surface area contributed by atoms with E-state index in [1.54, 1.807) is 0 Å². The number of halogens is 4. The molecule has 2 rings (SSSR count). The van der Waals surface area contributed by atoms with Crippen molar-refractivity contribution in [3.63, 3.8) is 0 Å². The molecule has 1 aliphatic carbocycles. The summed E-state index contributed by atoms with van der Waals surface area (Å²) < 4.78 is 64.3. The lowest BCUT2D eigenvalue weighted by Crippen LogP contribution is -2.44. The predicted molar refractivity (Wildman–Crippen MR) is 88.6 cm³/mol. The van der Waals surface area contributed by atoms with Gasteiger partial charge in [-0.1, -0.05) is 25.0 Å². The fourth-order valence-electron chi connectivity index (χ4n) is 2.98. The molecule has 0 heterocycles. The van der Waals surface area contributed by atoms with Crippen molar-refractivity contribution in [2.75, 3.05) is 6.54 Å². The van der Waals surface area contributed by atoms with E-state index in [1.165, 1.54) is 24.3 Å². The molecule has 0 spiro atoms. The number of nitrogens with one attached hydrogen (secondary N) is 1. The van der Waals surface area contributed by atoms with Gasteiger partial charge in [0.15, 0.2) is 0 Å². The largest absolute Gasteiger partial charge is 0.393 e. The molecule has 138 valence electrons. The van der Waals surface area contributed by atoms with Crippen LogP contribution in [-0.4, -0.2) is 27.2 Å². The zero-order chi connectivity index (χ0) is 17.1. The van der Waals surface area contributed by atoms with Crippen molar-refractivity contribution in [1.29, 1.82) is 0 Å². The molecule has 0 aromatic heterocycles. The van der Waals surface area contributed by atoms with E-state index in [2.05, 4.69) is 4.72 Å². The third kappa shape index (κ3) is 5.91. The first-order valence-corrected chi connectivity index (χ1v) is 9.08. The van der Waals surface area contributed by atoms with Crippen LogP contribution in [-0.2, 0) is 16.4 Å². The summed E-state index contributed by atoms with van der Waals surface area (Å²) in [6, 6.07) is 4.44. The molecule has 1 aromatic carbocycles. The summed E-state index contributed by atoms with van der Waals surface area (Å²) in [4.78, 5) is -0.0418. The Bertz CT molecular complexity index is 615. The minimum Gasteiger partial charge on any atom is -0.329 e. The molecule has 9 heteroatoms. The number of nitrogens with two attached hydrogens (primary N) is 1. The van der Waals surface area contributed by atoms with Gasteiger partial charge >= 0.3 is 6.18 Å². The molecule has 1 fully saturated rings. The number of rotatable bonds is 6. The first-order valence-electron chi connectivity index (χ1n) is 7.59. The molecule has 1 unspecified atom stereocenters. The highest BCUT2D eigenvalue weighted by Crippen LogP contribution is 2.28. The molecule has 1 aromatic rings. The smallest absolute Gasteiger partial charge is 0.329 e. The number of benzene rings is 1. The van der Waals surface area contributed by atoms with Crippen molar-refractivity contribution >= 4 is 22.4 Å². The van der Waals surface area contributed by atoms with Crippen molar-refractivity contribution in [2.45, 2.75) is 49.2 Å². The van der Waals surface area contributed by atoms with Crippen molar-refractivity contribution in [1.82, 2.24) is 4.72 Å². The Morgan fingerprint density at radius 2 is 1.71 bits per heavy atom. The Morgan fingerprint density at radius 3 is 2.17 bits per heavy atom. The van der Waals surface area contributed by atoms with Gasteiger partial charge in [0.2, 0.25) is 10.0 Å². The van der Waals surface area contributed by atoms with Gasteiger partial charge in [-0.2, -0.15) is 13.2 Å². The Kier molecular flexibility index (Phi) is 7.52. The van der Waals surface area contributed by atoms with Gasteiger partial charge in [-0.15, -0.1) is 12.4 Å². The summed E-state index contributed by atoms with van der Waals surface area (Å²) >= 11 is 0. The van der Waals surface area contributed by atoms with Gasteiger partial charge in [0.25, 0.3) is 0 Å². The van der Waals surface area contributed by atoms with Crippen LogP contribution in [0.4, 0.5) is 13.2 Å². The molecule has 4 nitrogen and oxygen atoms in total. The number of sulfonamides is 1. The minimum atomic E-state index is -4.31. The molecule has 0 bridgehead atoms. The third-order valence-electron chi connectivity index (χ3n) is 4.17. The highest BCUT2D eigenvalue weighted by Gasteiger charge is 2.29. The normalized spacial score (nSPS) is 17.5. The second-order valence-corrected chi connectivity index (χ2v) is 7.66. The third-order valence-corrected chi connectivity index (χ3v) is 5.67. The van der Waals surface area contributed by atoms with Crippen molar-refractivity contribution in [3.05, 3.63) is 29.8 Å². The highest BCUT2D eigenvalue weighted by molar-refractivity contribution is 7.89. The van der Waals surface area contributed by atoms with Gasteiger partial charge in [-0.25, -0.2) is 13.1 Å². The lowest BCUT2D eigenvalue weighted by Gasteiger charge is -2.23. The zero-order valence-corrected chi connectivity index (χ0v) is 14.7. The molecular weight excluding hydrogens is 365 g/mol. The van der Waals surface area contributed by atoms with E-state index in [9.17, 15) is 21.6 Å². The number of alkyl halides is 3. The SMILES string of the molecule is Cl.NCC(NS(=O)(=O)c1ccc(CC(F)(F)F)cc1)C1CCCC1. The van der Waals surface area contributed by atoms with Crippen molar-refractivity contribution < 1.29 is 21.6 Å². The Balaban J connectivity index is 0.00000288. The average Bonchev–Trinajstić information content (AvgIpc) is 2.97. The summed E-state index contributed by atoms with van der Waals surface area (Å²) in [7, 11) is -3.78. The van der Waals surface area contributed by atoms with Crippen LogP contribution in [0.15, 0.2) is 29.2 Å². The van der Waals surface area contributed by atoms with Gasteiger partial charge in [-0.3, -0.25) is 0 Å². The minimum absolute atomic E-state index is 0. The monoisotopic (exact) mass is 386 g/mol. The number of hydrogen-bond acceptors (Lipinski definition) is 3. The Hall–Kier alpha value is -0.830. The summed E-state index contributed by atoms with van der Waals surface area (Å²) in [6.07, 6.45) is -1.38. The van der Waals surface area contributed by atoms with E-state index in [-0.39, 0.29) is 41.4 Å². The van der Waals surface area contributed by atoms with E-state index in [0.29, 0.717) is 0 Å². The predicted octanol–water partition coefficient (Wildman–Crippen LogP) is 3.01. The summed E-state index contributed by atoms with van der Waals surface area (Å²) in [5.41, 5.74) is 5.71. The fourth-order valence-corrected chi connectivity index (χ4v) is 4.30. The second kappa shape index (κ2) is 8.51. The van der Waals surface area contributed by atoms with E-state index in [1.807, 2.05) is 0 Å². The Morgan fingerprint density at radius 1 is 1.17 bits per heavy atom. The van der Waals surface area contributed by atoms with Gasteiger partial charge in [0.05, 0.1) is 11.3 Å². The van der Waals surface area contributed by atoms with E-state index >= 15 is 0 Å². The van der Waals surface area contributed by atoms with E-state index in [4.69, 9.17) is 5.73 Å². The topological polar surface area (TPSA) is 72.2 Å². The van der Waals surface area contributed by atoms with Crippen LogP contribution < -0.4 is 10.5 Å². The van der Waals surface area contributed by atoms with Crippen LogP contribution in [0, 0.1) is 5.92 Å². The van der Waals surface area contributed by atoms with Gasteiger partial charge in [0, 0.05) is 12.6 Å². The zero-order valence-electron chi connectivity index (χ0n) is 13.1. The maximum Gasteiger partial charge on any atom is 0.393 e. The van der Waals surface area contributed by atoms with E-state index < -0.39 is 22.6 Å². The first kappa shape index (κ1) is 21.2. The molecule has 0 radical (unpaired) electrons. The summed E-state index contributed by atoms with van der Waals surface area (Å²) in [5, 5.41) is 0. The quantitative estimate of drug-likeness (QED) is 0.789. The van der Waals surface area contributed by atoms with E-state index in [0.717, 1.165) is 25.7 Å². The highest BCUT2D eigenvalue weighted by atomic mass is 35.5. The molecule has 0 aliphatic heterocycles. The standard InChI is InChI=1S/C15H21F3N2O2S.ClH/c16-15(17,18)9-11-5-7-13(8-6-11)23(21,22)20-14(10-19)12-3-1-2-4-12;/h5-8,12,14,20H,1-4,9-10,19H2;1H. The fraction of sp³-hybridized carbons (Fsp3) is 0.600. The maximum atomic E-state index is 12.4. The van der Waals surface area contributed by atoms with Crippen molar-refractivity contribution in [2.24, 2.45) is 11.7 Å². The van der Waals surface area contributed by atoms with Crippen LogP contribution in [0.2, 0.25) is 0 Å². The summed E-state index contributed by atoms with van der Waals surface area (Å²) in [6.45, 7) is 0.204. The lowest BCUT2D eigenvalue weighted by molar-refractivity contribution is -0.127. The van der Waals surface area contributed by atoms with Crippen LogP contribution in [0.25, 0.3) is 0 Å². The lowest BCUT2D eigenvalue weighted by atomic mass is 9.99. The van der Waals surface area contributed by atoms with Crippen LogP contribution in [0.1, 0.15) is 31.2 Å². The molecular formula is C15H22ClF3N2O2S. The maximum absolute atomic E-state index is 12.4. The van der Waals surface area contributed by atoms with Gasteiger partial charge in [-0.05, 0) is 36.5 Å². The van der Waals surface area contributed by atoms with Crippen molar-refractivity contribution in [3.8, 4) is 0 Å². The Labute approximate surface area is 146 Å².